The maximum absolute atomic E-state index is 4.45. The van der Waals surface area contributed by atoms with Crippen LogP contribution in [0.4, 0.5) is 5.69 Å². The molecule has 1 aromatic rings. The SMILES string of the molecule is Cc1ccccc1N(C)CC1(CS)CC1. The molecular weight excluding hydrogens is 202 g/mol. The zero-order valence-electron chi connectivity index (χ0n) is 9.53. The number of nitrogens with zero attached hydrogens (tertiary/aromatic N) is 1. The number of aryl methyl sites for hydroxylation is 1. The zero-order valence-corrected chi connectivity index (χ0v) is 10.4. The van der Waals surface area contributed by atoms with Crippen LogP contribution in [0.25, 0.3) is 0 Å². The highest BCUT2D eigenvalue weighted by Gasteiger charge is 2.42. The van der Waals surface area contributed by atoms with Gasteiger partial charge in [0, 0.05) is 19.3 Å². The highest BCUT2D eigenvalue weighted by Crippen LogP contribution is 2.47. The van der Waals surface area contributed by atoms with Crippen LogP contribution < -0.4 is 4.90 Å². The summed E-state index contributed by atoms with van der Waals surface area (Å²) in [7, 11) is 2.19. The molecule has 0 N–H and O–H groups in total. The first-order valence-electron chi connectivity index (χ1n) is 5.54. The second kappa shape index (κ2) is 4.09. The van der Waals surface area contributed by atoms with Crippen molar-refractivity contribution in [2.24, 2.45) is 5.41 Å². The number of hydrogen-bond acceptors (Lipinski definition) is 2. The number of rotatable bonds is 4. The molecule has 1 nitrogen and oxygen atoms in total. The monoisotopic (exact) mass is 221 g/mol. The Kier molecular flexibility index (Phi) is 2.96. The standard InChI is InChI=1S/C13H19NS/c1-11-5-3-4-6-12(11)14(2)9-13(10-15)7-8-13/h3-6,15H,7-10H2,1-2H3. The quantitative estimate of drug-likeness (QED) is 0.764. The van der Waals surface area contributed by atoms with Gasteiger partial charge in [0.1, 0.15) is 0 Å². The fourth-order valence-electron chi connectivity index (χ4n) is 2.12. The zero-order chi connectivity index (χ0) is 10.9. The molecule has 0 unspecified atom stereocenters. The summed E-state index contributed by atoms with van der Waals surface area (Å²) < 4.78 is 0. The molecule has 1 aromatic carbocycles. The van der Waals surface area contributed by atoms with Crippen LogP contribution in [0, 0.1) is 12.3 Å². The smallest absolute Gasteiger partial charge is 0.0393 e. The van der Waals surface area contributed by atoms with E-state index in [0.29, 0.717) is 5.41 Å². The Balaban J connectivity index is 2.08. The Morgan fingerprint density at radius 1 is 1.33 bits per heavy atom. The Morgan fingerprint density at radius 2 is 2.00 bits per heavy atom. The molecule has 1 aliphatic rings. The first kappa shape index (κ1) is 10.9. The summed E-state index contributed by atoms with van der Waals surface area (Å²) >= 11 is 4.45. The molecule has 0 atom stereocenters. The van der Waals surface area contributed by atoms with E-state index in [0.717, 1.165) is 12.3 Å². The van der Waals surface area contributed by atoms with E-state index in [1.54, 1.807) is 0 Å². The van der Waals surface area contributed by atoms with Gasteiger partial charge in [-0.05, 0) is 42.6 Å². The summed E-state index contributed by atoms with van der Waals surface area (Å²) in [6, 6.07) is 8.58. The lowest BCUT2D eigenvalue weighted by Gasteiger charge is -2.26. The van der Waals surface area contributed by atoms with E-state index >= 15 is 0 Å². The summed E-state index contributed by atoms with van der Waals surface area (Å²) in [6.07, 6.45) is 2.68. The lowest BCUT2D eigenvalue weighted by molar-refractivity contribution is 0.581. The Hall–Kier alpha value is -0.630. The van der Waals surface area contributed by atoms with Crippen LogP contribution in [0.2, 0.25) is 0 Å². The van der Waals surface area contributed by atoms with Gasteiger partial charge in [-0.3, -0.25) is 0 Å². The number of hydrogen-bond donors (Lipinski definition) is 1. The summed E-state index contributed by atoms with van der Waals surface area (Å²) in [5, 5.41) is 0. The van der Waals surface area contributed by atoms with Crippen molar-refractivity contribution in [3.8, 4) is 0 Å². The molecule has 0 bridgehead atoms. The molecule has 2 rings (SSSR count). The maximum atomic E-state index is 4.45. The van der Waals surface area contributed by atoms with Crippen LogP contribution >= 0.6 is 12.6 Å². The lowest BCUT2D eigenvalue weighted by atomic mass is 10.1. The molecule has 1 fully saturated rings. The van der Waals surface area contributed by atoms with Crippen LogP contribution in [0.3, 0.4) is 0 Å². The third kappa shape index (κ3) is 2.31. The summed E-state index contributed by atoms with van der Waals surface area (Å²) in [6.45, 7) is 3.31. The van der Waals surface area contributed by atoms with Crippen molar-refractivity contribution in [3.63, 3.8) is 0 Å². The van der Waals surface area contributed by atoms with Gasteiger partial charge in [0.2, 0.25) is 0 Å². The van der Waals surface area contributed by atoms with Gasteiger partial charge in [-0.15, -0.1) is 0 Å². The van der Waals surface area contributed by atoms with E-state index in [1.165, 1.54) is 24.1 Å². The number of benzene rings is 1. The molecule has 0 saturated heterocycles. The lowest BCUT2D eigenvalue weighted by Crippen LogP contribution is -2.28. The molecule has 0 amide bonds. The highest BCUT2D eigenvalue weighted by atomic mass is 32.1. The second-order valence-electron chi connectivity index (χ2n) is 4.80. The largest absolute Gasteiger partial charge is 0.374 e. The van der Waals surface area contributed by atoms with E-state index in [2.05, 4.69) is 55.8 Å². The number of thiol groups is 1. The van der Waals surface area contributed by atoms with Crippen LogP contribution in [0.5, 0.6) is 0 Å². The van der Waals surface area contributed by atoms with Crippen molar-refractivity contribution in [1.82, 2.24) is 0 Å². The normalized spacial score (nSPS) is 17.5. The fraction of sp³-hybridized carbons (Fsp3) is 0.538. The van der Waals surface area contributed by atoms with Gasteiger partial charge in [-0.1, -0.05) is 18.2 Å². The molecule has 82 valence electrons. The molecule has 0 heterocycles. The van der Waals surface area contributed by atoms with Crippen molar-refractivity contribution in [3.05, 3.63) is 29.8 Å². The van der Waals surface area contributed by atoms with E-state index in [-0.39, 0.29) is 0 Å². The average Bonchev–Trinajstić information content (AvgIpc) is 2.99. The van der Waals surface area contributed by atoms with Gasteiger partial charge in [0.15, 0.2) is 0 Å². The summed E-state index contributed by atoms with van der Waals surface area (Å²) in [5.74, 6) is 1.02. The third-order valence-electron chi connectivity index (χ3n) is 3.39. The topological polar surface area (TPSA) is 3.24 Å². The van der Waals surface area contributed by atoms with Crippen LogP contribution in [-0.2, 0) is 0 Å². The van der Waals surface area contributed by atoms with Gasteiger partial charge >= 0.3 is 0 Å². The molecule has 0 aliphatic heterocycles. The molecule has 0 aromatic heterocycles. The second-order valence-corrected chi connectivity index (χ2v) is 5.12. The van der Waals surface area contributed by atoms with Crippen molar-refractivity contribution < 1.29 is 0 Å². The number of anilines is 1. The van der Waals surface area contributed by atoms with Crippen molar-refractivity contribution in [2.45, 2.75) is 19.8 Å². The maximum Gasteiger partial charge on any atom is 0.0393 e. The van der Waals surface area contributed by atoms with Crippen LogP contribution in [0.1, 0.15) is 18.4 Å². The van der Waals surface area contributed by atoms with Crippen LogP contribution in [0.15, 0.2) is 24.3 Å². The molecule has 15 heavy (non-hydrogen) atoms. The predicted molar refractivity (Wildman–Crippen MR) is 70.0 cm³/mol. The summed E-state index contributed by atoms with van der Waals surface area (Å²) in [4.78, 5) is 2.37. The molecule has 0 spiro atoms. The number of para-hydroxylation sites is 1. The molecular formula is C13H19NS. The summed E-state index contributed by atoms with van der Waals surface area (Å²) in [5.41, 5.74) is 3.21. The molecule has 1 aliphatic carbocycles. The predicted octanol–water partition coefficient (Wildman–Crippen LogP) is 3.14. The van der Waals surface area contributed by atoms with Crippen molar-refractivity contribution in [2.75, 3.05) is 24.2 Å². The highest BCUT2D eigenvalue weighted by molar-refractivity contribution is 7.80. The van der Waals surface area contributed by atoms with Gasteiger partial charge in [-0.2, -0.15) is 12.6 Å². The van der Waals surface area contributed by atoms with E-state index < -0.39 is 0 Å². The van der Waals surface area contributed by atoms with Gasteiger partial charge in [0.05, 0.1) is 0 Å². The fourth-order valence-corrected chi connectivity index (χ4v) is 2.54. The Bertz CT molecular complexity index is 344. The van der Waals surface area contributed by atoms with Gasteiger partial charge in [0.25, 0.3) is 0 Å². The van der Waals surface area contributed by atoms with Crippen molar-refractivity contribution >= 4 is 18.3 Å². The van der Waals surface area contributed by atoms with E-state index in [4.69, 9.17) is 0 Å². The van der Waals surface area contributed by atoms with Gasteiger partial charge in [-0.25, -0.2) is 0 Å². The van der Waals surface area contributed by atoms with E-state index in [9.17, 15) is 0 Å². The third-order valence-corrected chi connectivity index (χ3v) is 4.06. The van der Waals surface area contributed by atoms with Gasteiger partial charge < -0.3 is 4.90 Å². The minimum atomic E-state index is 0.500. The minimum Gasteiger partial charge on any atom is -0.374 e. The Morgan fingerprint density at radius 3 is 2.53 bits per heavy atom. The first-order chi connectivity index (χ1) is 7.17. The molecule has 2 heteroatoms. The first-order valence-corrected chi connectivity index (χ1v) is 6.18. The van der Waals surface area contributed by atoms with Crippen LogP contribution in [-0.4, -0.2) is 19.3 Å². The minimum absolute atomic E-state index is 0.500. The Labute approximate surface area is 97.9 Å². The molecule has 0 radical (unpaired) electrons. The van der Waals surface area contributed by atoms with E-state index in [1.807, 2.05) is 0 Å². The van der Waals surface area contributed by atoms with Crippen molar-refractivity contribution in [1.29, 1.82) is 0 Å². The molecule has 1 saturated carbocycles. The average molecular weight is 221 g/mol.